The normalized spacial score (nSPS) is 15.5. The molecule has 204 valence electrons. The lowest BCUT2D eigenvalue weighted by molar-refractivity contribution is -0.115. The smallest absolute Gasteiger partial charge is 0.410 e. The minimum absolute atomic E-state index is 0.127. The van der Waals surface area contributed by atoms with Gasteiger partial charge in [-0.1, -0.05) is 41.6 Å². The van der Waals surface area contributed by atoms with Crippen LogP contribution in [-0.4, -0.2) is 74.9 Å². The van der Waals surface area contributed by atoms with Crippen LogP contribution in [0.15, 0.2) is 47.6 Å². The maximum absolute atomic E-state index is 13.0. The van der Waals surface area contributed by atoms with E-state index in [1.165, 1.54) is 11.8 Å². The Morgan fingerprint density at radius 2 is 1.82 bits per heavy atom. The van der Waals surface area contributed by atoms with Gasteiger partial charge in [-0.2, -0.15) is 0 Å². The number of amides is 2. The molecule has 1 aliphatic rings. The lowest BCUT2D eigenvalue weighted by Crippen LogP contribution is -2.50. The highest BCUT2D eigenvalue weighted by atomic mass is 35.5. The van der Waals surface area contributed by atoms with Crippen LogP contribution < -0.4 is 5.32 Å². The SMILES string of the molecule is Cc1ccc(NC(=O)C(C)Sc2nc3ccccc3n2CCN2CCN(C(=O)OC(C)(C)C)CC2)c(Cl)c1. The molecule has 0 radical (unpaired) electrons. The zero-order chi connectivity index (χ0) is 27.4. The highest BCUT2D eigenvalue weighted by Crippen LogP contribution is 2.29. The van der Waals surface area contributed by atoms with E-state index in [9.17, 15) is 9.59 Å². The summed E-state index contributed by atoms with van der Waals surface area (Å²) in [6, 6.07) is 13.6. The minimum Gasteiger partial charge on any atom is -0.444 e. The predicted molar refractivity (Wildman–Crippen MR) is 154 cm³/mol. The molecule has 1 saturated heterocycles. The highest BCUT2D eigenvalue weighted by molar-refractivity contribution is 8.00. The van der Waals surface area contributed by atoms with Crippen molar-refractivity contribution in [3.05, 3.63) is 53.1 Å². The second kappa shape index (κ2) is 12.0. The number of fused-ring (bicyclic) bond motifs is 1. The van der Waals surface area contributed by atoms with E-state index in [0.29, 0.717) is 23.8 Å². The molecule has 1 fully saturated rings. The van der Waals surface area contributed by atoms with Gasteiger partial charge in [0.05, 0.1) is 27.0 Å². The van der Waals surface area contributed by atoms with Crippen LogP contribution in [0.25, 0.3) is 11.0 Å². The molecule has 1 atom stereocenters. The molecule has 0 aliphatic carbocycles. The average molecular weight is 558 g/mol. The Balaban J connectivity index is 1.39. The number of aromatic nitrogens is 2. The van der Waals surface area contributed by atoms with Crippen LogP contribution in [-0.2, 0) is 16.1 Å². The molecule has 10 heteroatoms. The fraction of sp³-hybridized carbons (Fsp3) is 0.464. The number of nitrogens with zero attached hydrogens (tertiary/aromatic N) is 4. The van der Waals surface area contributed by atoms with Crippen molar-refractivity contribution < 1.29 is 14.3 Å². The summed E-state index contributed by atoms with van der Waals surface area (Å²) in [4.78, 5) is 34.3. The summed E-state index contributed by atoms with van der Waals surface area (Å²) in [7, 11) is 0. The summed E-state index contributed by atoms with van der Waals surface area (Å²) in [6.07, 6.45) is -0.254. The Kier molecular flexibility index (Phi) is 8.90. The minimum atomic E-state index is -0.495. The molecule has 2 aromatic carbocycles. The molecule has 2 heterocycles. The van der Waals surface area contributed by atoms with Crippen molar-refractivity contribution in [3.8, 4) is 0 Å². The number of carbonyl (C=O) groups is 2. The van der Waals surface area contributed by atoms with Crippen LogP contribution in [0.2, 0.25) is 5.02 Å². The molecular formula is C28H36ClN5O3S. The Hall–Kier alpha value is -2.75. The number of carbonyl (C=O) groups excluding carboxylic acids is 2. The number of halogens is 1. The van der Waals surface area contributed by atoms with Gasteiger partial charge in [0.25, 0.3) is 0 Å². The third-order valence-corrected chi connectivity index (χ3v) is 7.72. The van der Waals surface area contributed by atoms with Crippen molar-refractivity contribution in [1.82, 2.24) is 19.4 Å². The highest BCUT2D eigenvalue weighted by Gasteiger charge is 2.26. The largest absolute Gasteiger partial charge is 0.444 e. The monoisotopic (exact) mass is 557 g/mol. The molecule has 0 saturated carbocycles. The molecule has 1 unspecified atom stereocenters. The first-order valence-electron chi connectivity index (χ1n) is 12.9. The molecule has 1 aromatic heterocycles. The van der Waals surface area contributed by atoms with Gasteiger partial charge < -0.3 is 19.5 Å². The molecule has 0 bridgehead atoms. The first-order valence-corrected chi connectivity index (χ1v) is 14.1. The number of piperazine rings is 1. The molecule has 0 spiro atoms. The number of benzene rings is 2. The molecule has 3 aromatic rings. The first kappa shape index (κ1) is 28.3. The number of ether oxygens (including phenoxy) is 1. The molecule has 4 rings (SSSR count). The molecular weight excluding hydrogens is 522 g/mol. The van der Waals surface area contributed by atoms with E-state index in [4.69, 9.17) is 21.3 Å². The molecule has 1 N–H and O–H groups in total. The van der Waals surface area contributed by atoms with Gasteiger partial charge in [0.15, 0.2) is 5.16 Å². The van der Waals surface area contributed by atoms with E-state index in [0.717, 1.165) is 47.9 Å². The fourth-order valence-electron chi connectivity index (χ4n) is 4.25. The third-order valence-electron chi connectivity index (χ3n) is 6.32. The van der Waals surface area contributed by atoms with Gasteiger partial charge in [0.2, 0.25) is 5.91 Å². The Labute approximate surface area is 233 Å². The zero-order valence-electron chi connectivity index (χ0n) is 22.7. The predicted octanol–water partition coefficient (Wildman–Crippen LogP) is 5.67. The molecule has 2 amide bonds. The van der Waals surface area contributed by atoms with Crippen LogP contribution in [0.3, 0.4) is 0 Å². The Morgan fingerprint density at radius 3 is 2.50 bits per heavy atom. The van der Waals surface area contributed by atoms with E-state index in [1.54, 1.807) is 4.90 Å². The summed E-state index contributed by atoms with van der Waals surface area (Å²) in [6.45, 7) is 13.9. The summed E-state index contributed by atoms with van der Waals surface area (Å²) >= 11 is 7.75. The standard InChI is InChI=1S/C28H36ClN5O3S/c1-19-10-11-22(21(29)18-19)30-25(35)20(2)38-26-31-23-8-6-7-9-24(23)34(26)17-14-32-12-15-33(16-13-32)27(36)37-28(3,4)5/h6-11,18,20H,12-17H2,1-5H3,(H,30,35). The number of aryl methyl sites for hydroxylation is 1. The van der Waals surface area contributed by atoms with Crippen LogP contribution in [0.5, 0.6) is 0 Å². The third kappa shape index (κ3) is 7.21. The zero-order valence-corrected chi connectivity index (χ0v) is 24.2. The van der Waals surface area contributed by atoms with Crippen molar-refractivity contribution in [2.45, 2.75) is 57.2 Å². The van der Waals surface area contributed by atoms with E-state index < -0.39 is 5.60 Å². The summed E-state index contributed by atoms with van der Waals surface area (Å²) < 4.78 is 7.70. The maximum atomic E-state index is 13.0. The summed E-state index contributed by atoms with van der Waals surface area (Å²) in [5.41, 5.74) is 3.09. The van der Waals surface area contributed by atoms with Crippen molar-refractivity contribution in [3.63, 3.8) is 0 Å². The van der Waals surface area contributed by atoms with Gasteiger partial charge in [0, 0.05) is 39.3 Å². The molecule has 1 aliphatic heterocycles. The molecule has 38 heavy (non-hydrogen) atoms. The molecule has 8 nitrogen and oxygen atoms in total. The van der Waals surface area contributed by atoms with Gasteiger partial charge >= 0.3 is 6.09 Å². The van der Waals surface area contributed by atoms with E-state index in [1.807, 2.05) is 71.0 Å². The van der Waals surface area contributed by atoms with Gasteiger partial charge in [-0.25, -0.2) is 9.78 Å². The van der Waals surface area contributed by atoms with Gasteiger partial charge in [0.1, 0.15) is 5.60 Å². The van der Waals surface area contributed by atoms with Gasteiger partial charge in [-0.3, -0.25) is 9.69 Å². The lowest BCUT2D eigenvalue weighted by Gasteiger charge is -2.35. The van der Waals surface area contributed by atoms with Crippen molar-refractivity contribution in [1.29, 1.82) is 0 Å². The number of anilines is 1. The second-order valence-electron chi connectivity index (χ2n) is 10.6. The second-order valence-corrected chi connectivity index (χ2v) is 12.3. The summed E-state index contributed by atoms with van der Waals surface area (Å²) in [5, 5.41) is 3.89. The van der Waals surface area contributed by atoms with Crippen LogP contribution in [0.1, 0.15) is 33.3 Å². The summed E-state index contributed by atoms with van der Waals surface area (Å²) in [5.74, 6) is -0.127. The topological polar surface area (TPSA) is 79.7 Å². The quantitative estimate of drug-likeness (QED) is 0.377. The number of imidazole rings is 1. The van der Waals surface area contributed by atoms with Crippen LogP contribution in [0.4, 0.5) is 10.5 Å². The maximum Gasteiger partial charge on any atom is 0.410 e. The number of nitrogens with one attached hydrogen (secondary N) is 1. The van der Waals surface area contributed by atoms with Crippen LogP contribution >= 0.6 is 23.4 Å². The average Bonchev–Trinajstić information content (AvgIpc) is 3.20. The van der Waals surface area contributed by atoms with Crippen molar-refractivity contribution in [2.24, 2.45) is 0 Å². The Morgan fingerprint density at radius 1 is 1.11 bits per heavy atom. The van der Waals surface area contributed by atoms with Crippen molar-refractivity contribution in [2.75, 3.05) is 38.0 Å². The number of hydrogen-bond donors (Lipinski definition) is 1. The van der Waals surface area contributed by atoms with Gasteiger partial charge in [-0.15, -0.1) is 0 Å². The fourth-order valence-corrected chi connectivity index (χ4v) is 5.48. The number of rotatable bonds is 7. The lowest BCUT2D eigenvalue weighted by atomic mass is 10.2. The van der Waals surface area contributed by atoms with E-state index in [2.05, 4.69) is 20.9 Å². The first-order chi connectivity index (χ1) is 18.0. The van der Waals surface area contributed by atoms with E-state index in [-0.39, 0.29) is 17.3 Å². The number of thioether (sulfide) groups is 1. The number of hydrogen-bond acceptors (Lipinski definition) is 6. The van der Waals surface area contributed by atoms with E-state index >= 15 is 0 Å². The van der Waals surface area contributed by atoms with Gasteiger partial charge in [-0.05, 0) is 64.4 Å². The van der Waals surface area contributed by atoms with Crippen LogP contribution in [0, 0.1) is 6.92 Å². The Bertz CT molecular complexity index is 1300. The van der Waals surface area contributed by atoms with Crippen molar-refractivity contribution >= 4 is 52.1 Å². The number of para-hydroxylation sites is 2.